The van der Waals surface area contributed by atoms with Gasteiger partial charge in [0.15, 0.2) is 0 Å². The van der Waals surface area contributed by atoms with E-state index in [0.717, 1.165) is 5.03 Å². The number of nitrogens with zero attached hydrogens (tertiary/aromatic N) is 1. The van der Waals surface area contributed by atoms with Gasteiger partial charge in [-0.25, -0.2) is 0 Å². The van der Waals surface area contributed by atoms with Crippen LogP contribution in [0.2, 0.25) is 0 Å². The van der Waals surface area contributed by atoms with Crippen LogP contribution in [-0.2, 0) is 0 Å². The Balaban J connectivity index is 2.60. The van der Waals surface area contributed by atoms with E-state index in [2.05, 4.69) is 43.6 Å². The number of benzene rings is 1. The van der Waals surface area contributed by atoms with Crippen molar-refractivity contribution in [2.75, 3.05) is 11.9 Å². The first-order valence-corrected chi connectivity index (χ1v) is 4.72. The normalized spacial score (nSPS) is 15.2. The van der Waals surface area contributed by atoms with Gasteiger partial charge in [-0.1, -0.05) is 30.5 Å². The molecule has 12 heavy (non-hydrogen) atoms. The molecule has 1 aliphatic heterocycles. The first-order valence-electron chi connectivity index (χ1n) is 3.90. The highest BCUT2D eigenvalue weighted by Gasteiger charge is 2.20. The smallest absolute Gasteiger partial charge is 0.0725 e. The van der Waals surface area contributed by atoms with Crippen LogP contribution in [0.15, 0.2) is 34.7 Å². The van der Waals surface area contributed by atoms with Crippen LogP contribution in [0.4, 0.5) is 5.69 Å². The molecule has 0 N–H and O–H groups in total. The lowest BCUT2D eigenvalue weighted by Crippen LogP contribution is -2.07. The molecule has 1 aromatic carbocycles. The van der Waals surface area contributed by atoms with Crippen molar-refractivity contribution >= 4 is 17.4 Å². The van der Waals surface area contributed by atoms with Gasteiger partial charge in [0.25, 0.3) is 0 Å². The third kappa shape index (κ3) is 0.950. The van der Waals surface area contributed by atoms with E-state index >= 15 is 0 Å². The number of rotatable bonds is 0. The predicted octanol–water partition coefficient (Wildman–Crippen LogP) is 3.01. The van der Waals surface area contributed by atoms with Crippen LogP contribution >= 0.6 is 11.8 Å². The highest BCUT2D eigenvalue weighted by atomic mass is 32.2. The zero-order valence-corrected chi connectivity index (χ0v) is 8.11. The molecule has 0 aromatic heterocycles. The van der Waals surface area contributed by atoms with E-state index in [0.29, 0.717) is 0 Å². The fourth-order valence-electron chi connectivity index (χ4n) is 1.35. The second-order valence-corrected chi connectivity index (χ2v) is 4.06. The third-order valence-electron chi connectivity index (χ3n) is 2.15. The van der Waals surface area contributed by atoms with Crippen molar-refractivity contribution in [1.29, 1.82) is 0 Å². The zero-order valence-electron chi connectivity index (χ0n) is 7.29. The molecule has 1 heterocycles. The molecular formula is C10H11NS. The maximum Gasteiger partial charge on any atom is 0.0725 e. The second-order valence-electron chi connectivity index (χ2n) is 2.98. The average Bonchev–Trinajstić information content (AvgIpc) is 2.32. The van der Waals surface area contributed by atoms with Crippen molar-refractivity contribution in [3.63, 3.8) is 0 Å². The van der Waals surface area contributed by atoms with Crippen LogP contribution in [0.1, 0.15) is 5.56 Å². The SMILES string of the molecule is C=C1Sc2c(C)cccc2N1C. The Bertz CT molecular complexity index is 344. The standard InChI is InChI=1S/C10H11NS/c1-7-5-4-6-9-10(7)12-8(2)11(9)3/h4-6H,2H2,1,3H3. The van der Waals surface area contributed by atoms with Crippen LogP contribution in [-0.4, -0.2) is 7.05 Å². The summed E-state index contributed by atoms with van der Waals surface area (Å²) in [7, 11) is 2.06. The molecular weight excluding hydrogens is 166 g/mol. The lowest BCUT2D eigenvalue weighted by Gasteiger charge is -2.11. The fraction of sp³-hybridized carbons (Fsp3) is 0.200. The quantitative estimate of drug-likeness (QED) is 0.599. The Morgan fingerprint density at radius 1 is 1.42 bits per heavy atom. The van der Waals surface area contributed by atoms with Gasteiger partial charge in [0, 0.05) is 11.9 Å². The first kappa shape index (κ1) is 7.74. The molecule has 62 valence electrons. The number of anilines is 1. The molecule has 0 bridgehead atoms. The van der Waals surface area contributed by atoms with Crippen LogP contribution in [0.25, 0.3) is 0 Å². The Labute approximate surface area is 77.1 Å². The Kier molecular flexibility index (Phi) is 1.65. The lowest BCUT2D eigenvalue weighted by atomic mass is 10.2. The van der Waals surface area contributed by atoms with Crippen molar-refractivity contribution in [1.82, 2.24) is 0 Å². The monoisotopic (exact) mass is 177 g/mol. The Hall–Kier alpha value is -0.890. The van der Waals surface area contributed by atoms with Gasteiger partial charge >= 0.3 is 0 Å². The van der Waals surface area contributed by atoms with Crippen molar-refractivity contribution < 1.29 is 0 Å². The van der Waals surface area contributed by atoms with Crippen LogP contribution in [0.3, 0.4) is 0 Å². The van der Waals surface area contributed by atoms with Crippen LogP contribution < -0.4 is 4.90 Å². The molecule has 2 rings (SSSR count). The van der Waals surface area contributed by atoms with Gasteiger partial charge in [-0.3, -0.25) is 0 Å². The molecule has 0 aliphatic carbocycles. The number of hydrogen-bond donors (Lipinski definition) is 0. The lowest BCUT2D eigenvalue weighted by molar-refractivity contribution is 1.16. The van der Waals surface area contributed by atoms with E-state index in [1.165, 1.54) is 16.1 Å². The van der Waals surface area contributed by atoms with Gasteiger partial charge in [0.1, 0.15) is 0 Å². The number of fused-ring (bicyclic) bond motifs is 1. The molecule has 1 aromatic rings. The maximum atomic E-state index is 3.98. The highest BCUT2D eigenvalue weighted by molar-refractivity contribution is 8.03. The molecule has 0 unspecified atom stereocenters. The number of thioether (sulfide) groups is 1. The minimum atomic E-state index is 1.11. The molecule has 0 amide bonds. The number of hydrogen-bond acceptors (Lipinski definition) is 2. The summed E-state index contributed by atoms with van der Waals surface area (Å²) in [5, 5.41) is 1.11. The summed E-state index contributed by atoms with van der Waals surface area (Å²) in [5.41, 5.74) is 2.62. The summed E-state index contributed by atoms with van der Waals surface area (Å²) >= 11 is 1.76. The average molecular weight is 177 g/mol. The van der Waals surface area contributed by atoms with E-state index in [9.17, 15) is 0 Å². The largest absolute Gasteiger partial charge is 0.339 e. The van der Waals surface area contributed by atoms with Gasteiger partial charge in [0.05, 0.1) is 10.7 Å². The van der Waals surface area contributed by atoms with Crippen molar-refractivity contribution in [3.8, 4) is 0 Å². The van der Waals surface area contributed by atoms with E-state index in [1.54, 1.807) is 11.8 Å². The van der Waals surface area contributed by atoms with Gasteiger partial charge in [-0.05, 0) is 18.6 Å². The highest BCUT2D eigenvalue weighted by Crippen LogP contribution is 2.45. The fourth-order valence-corrected chi connectivity index (χ4v) is 2.36. The molecule has 0 saturated heterocycles. The molecule has 1 nitrogen and oxygen atoms in total. The number of aryl methyl sites for hydroxylation is 1. The van der Waals surface area contributed by atoms with Gasteiger partial charge < -0.3 is 4.90 Å². The van der Waals surface area contributed by atoms with Gasteiger partial charge in [0.2, 0.25) is 0 Å². The first-order chi connectivity index (χ1) is 5.70. The molecule has 2 heteroatoms. The van der Waals surface area contributed by atoms with Gasteiger partial charge in [-0.15, -0.1) is 0 Å². The third-order valence-corrected chi connectivity index (χ3v) is 3.39. The zero-order chi connectivity index (χ0) is 8.72. The summed E-state index contributed by atoms with van der Waals surface area (Å²) in [6, 6.07) is 6.36. The summed E-state index contributed by atoms with van der Waals surface area (Å²) in [5.74, 6) is 0. The molecule has 1 aliphatic rings. The van der Waals surface area contributed by atoms with Gasteiger partial charge in [-0.2, -0.15) is 0 Å². The minimum Gasteiger partial charge on any atom is -0.339 e. The summed E-state index contributed by atoms with van der Waals surface area (Å²) in [4.78, 5) is 3.48. The van der Waals surface area contributed by atoms with E-state index < -0.39 is 0 Å². The molecule has 0 spiro atoms. The Morgan fingerprint density at radius 2 is 2.17 bits per heavy atom. The molecule has 0 radical (unpaired) electrons. The van der Waals surface area contributed by atoms with Crippen molar-refractivity contribution in [3.05, 3.63) is 35.4 Å². The van der Waals surface area contributed by atoms with Crippen LogP contribution in [0.5, 0.6) is 0 Å². The Morgan fingerprint density at radius 3 is 2.83 bits per heavy atom. The summed E-state index contributed by atoms with van der Waals surface area (Å²) in [6.07, 6.45) is 0. The van der Waals surface area contributed by atoms with E-state index in [1.807, 2.05) is 0 Å². The summed E-state index contributed by atoms with van der Waals surface area (Å²) < 4.78 is 0. The van der Waals surface area contributed by atoms with Crippen LogP contribution in [0, 0.1) is 6.92 Å². The molecule has 0 atom stereocenters. The second kappa shape index (κ2) is 2.56. The predicted molar refractivity (Wildman–Crippen MR) is 54.6 cm³/mol. The van der Waals surface area contributed by atoms with E-state index in [4.69, 9.17) is 0 Å². The summed E-state index contributed by atoms with van der Waals surface area (Å²) in [6.45, 7) is 6.12. The maximum absolute atomic E-state index is 3.98. The van der Waals surface area contributed by atoms with Crippen molar-refractivity contribution in [2.24, 2.45) is 0 Å². The molecule has 0 saturated carbocycles. The topological polar surface area (TPSA) is 3.24 Å². The molecule has 0 fully saturated rings. The minimum absolute atomic E-state index is 1.11. The van der Waals surface area contributed by atoms with E-state index in [-0.39, 0.29) is 0 Å². The van der Waals surface area contributed by atoms with Crippen molar-refractivity contribution in [2.45, 2.75) is 11.8 Å².